The molecule has 0 amide bonds. The maximum Gasteiger partial charge on any atom is 0.119 e. The van der Waals surface area contributed by atoms with Crippen LogP contribution in [0.5, 0.6) is 11.5 Å². The van der Waals surface area contributed by atoms with Gasteiger partial charge in [0.25, 0.3) is 0 Å². The van der Waals surface area contributed by atoms with Crippen molar-refractivity contribution in [3.8, 4) is 50.6 Å². The molecule has 0 fully saturated rings. The Bertz CT molecular complexity index is 3850. The van der Waals surface area contributed by atoms with E-state index in [9.17, 15) is 0 Å². The van der Waals surface area contributed by atoms with E-state index in [1.165, 1.54) is 77.1 Å². The maximum absolute atomic E-state index is 5.53. The van der Waals surface area contributed by atoms with E-state index in [1.54, 1.807) is 14.2 Å². The van der Waals surface area contributed by atoms with Crippen molar-refractivity contribution >= 4 is 49.6 Å². The van der Waals surface area contributed by atoms with Crippen LogP contribution in [0.2, 0.25) is 0 Å². The van der Waals surface area contributed by atoms with Gasteiger partial charge in [-0.3, -0.25) is 0 Å². The lowest BCUT2D eigenvalue weighted by Crippen LogP contribution is -2.28. The molecule has 1 aromatic heterocycles. The molecular weight excluding hydrogens is 865 g/mol. The number of hydrogen-bond donors (Lipinski definition) is 0. The Hall–Kier alpha value is -9.12. The summed E-state index contributed by atoms with van der Waals surface area (Å²) in [6.07, 6.45) is 0. The number of ether oxygens (including phenoxy) is 2. The summed E-state index contributed by atoms with van der Waals surface area (Å²) in [5.74, 6) is 1.63. The number of methoxy groups -OCH3 is 2. The minimum atomic E-state index is -0.518. The molecule has 12 aromatic rings. The lowest BCUT2D eigenvalue weighted by molar-refractivity contribution is 0.415. The highest BCUT2D eigenvalue weighted by Gasteiger charge is 2.46. The molecule has 0 saturated carbocycles. The van der Waals surface area contributed by atoms with Crippen LogP contribution in [-0.4, -0.2) is 18.8 Å². The molecule has 0 N–H and O–H groups in total. The zero-order valence-electron chi connectivity index (χ0n) is 39.5. The van der Waals surface area contributed by atoms with E-state index in [1.807, 2.05) is 24.3 Å². The van der Waals surface area contributed by atoms with Crippen molar-refractivity contribution < 1.29 is 9.47 Å². The van der Waals surface area contributed by atoms with Crippen molar-refractivity contribution in [2.45, 2.75) is 5.41 Å². The average molecular weight is 913 g/mol. The van der Waals surface area contributed by atoms with E-state index in [2.05, 4.69) is 240 Å². The highest BCUT2D eigenvalue weighted by molar-refractivity contribution is 6.24. The quantitative estimate of drug-likeness (QED) is 0.137. The van der Waals surface area contributed by atoms with Gasteiger partial charge >= 0.3 is 0 Å². The van der Waals surface area contributed by atoms with Crippen molar-refractivity contribution in [1.82, 2.24) is 4.57 Å². The second kappa shape index (κ2) is 17.1. The Morgan fingerprint density at radius 1 is 0.352 bits per heavy atom. The minimum Gasteiger partial charge on any atom is -0.497 e. The Morgan fingerprint density at radius 2 is 0.845 bits per heavy atom. The topological polar surface area (TPSA) is 26.6 Å². The molecule has 71 heavy (non-hydrogen) atoms. The first kappa shape index (κ1) is 42.0. The first-order valence-electron chi connectivity index (χ1n) is 24.2. The van der Waals surface area contributed by atoms with Crippen LogP contribution < -0.4 is 14.4 Å². The summed E-state index contributed by atoms with van der Waals surface area (Å²) in [4.78, 5) is 2.26. The number of aromatic nitrogens is 1. The molecule has 338 valence electrons. The van der Waals surface area contributed by atoms with Crippen LogP contribution in [0, 0.1) is 0 Å². The van der Waals surface area contributed by atoms with E-state index in [0.29, 0.717) is 0 Å². The Kier molecular flexibility index (Phi) is 10.1. The molecule has 4 heteroatoms. The van der Waals surface area contributed by atoms with Crippen molar-refractivity contribution in [1.29, 1.82) is 0 Å². The fourth-order valence-corrected chi connectivity index (χ4v) is 11.6. The van der Waals surface area contributed by atoms with Gasteiger partial charge in [0.1, 0.15) is 11.5 Å². The Morgan fingerprint density at radius 3 is 1.46 bits per heavy atom. The summed E-state index contributed by atoms with van der Waals surface area (Å²) in [7, 11) is 3.39. The lowest BCUT2D eigenvalue weighted by atomic mass is 9.67. The van der Waals surface area contributed by atoms with Crippen LogP contribution in [-0.2, 0) is 5.41 Å². The molecular formula is C67H48N2O2. The fraction of sp³-hybridized carbons (Fsp3) is 0.0448. The molecule has 11 aromatic carbocycles. The van der Waals surface area contributed by atoms with E-state index >= 15 is 0 Å². The van der Waals surface area contributed by atoms with Crippen molar-refractivity contribution in [2.24, 2.45) is 0 Å². The number of rotatable bonds is 10. The second-order valence-electron chi connectivity index (χ2n) is 18.3. The van der Waals surface area contributed by atoms with Gasteiger partial charge in [0.2, 0.25) is 0 Å². The predicted molar refractivity (Wildman–Crippen MR) is 294 cm³/mol. The van der Waals surface area contributed by atoms with Gasteiger partial charge in [-0.1, -0.05) is 170 Å². The number of fused-ring (bicyclic) bond motifs is 8. The van der Waals surface area contributed by atoms with Gasteiger partial charge in [-0.2, -0.15) is 0 Å². The van der Waals surface area contributed by atoms with Gasteiger partial charge in [-0.25, -0.2) is 0 Å². The Balaban J connectivity index is 1.00. The van der Waals surface area contributed by atoms with Crippen molar-refractivity contribution in [2.75, 3.05) is 19.1 Å². The maximum atomic E-state index is 5.53. The van der Waals surface area contributed by atoms with Crippen LogP contribution in [0.25, 0.3) is 71.6 Å². The summed E-state index contributed by atoms with van der Waals surface area (Å²) >= 11 is 0. The third-order valence-electron chi connectivity index (χ3n) is 14.7. The number of para-hydroxylation sites is 1. The van der Waals surface area contributed by atoms with Gasteiger partial charge in [0.15, 0.2) is 0 Å². The van der Waals surface area contributed by atoms with Gasteiger partial charge in [0, 0.05) is 33.5 Å². The molecule has 0 unspecified atom stereocenters. The SMILES string of the molecule is COc1ccc(N(c2ccc(OC)cc2)c2ccc(-c3ccccc3-c3cc4c(c5ccccc35)c3ccccc3n4-c3ccc4c(c3)C(c3ccccc3)(c3ccccc3)c3ccccc3-4)cc2)cc1. The van der Waals surface area contributed by atoms with E-state index in [0.717, 1.165) is 45.4 Å². The van der Waals surface area contributed by atoms with Gasteiger partial charge in [0.05, 0.1) is 30.7 Å². The molecule has 1 aliphatic rings. The predicted octanol–water partition coefficient (Wildman–Crippen LogP) is 17.1. The van der Waals surface area contributed by atoms with Crippen LogP contribution in [0.1, 0.15) is 22.3 Å². The molecule has 4 nitrogen and oxygen atoms in total. The molecule has 1 aliphatic carbocycles. The second-order valence-corrected chi connectivity index (χ2v) is 18.3. The van der Waals surface area contributed by atoms with Crippen LogP contribution >= 0.6 is 0 Å². The van der Waals surface area contributed by atoms with Gasteiger partial charge in [-0.05, 0) is 151 Å². The first-order valence-corrected chi connectivity index (χ1v) is 24.2. The molecule has 0 spiro atoms. The number of benzene rings is 11. The van der Waals surface area contributed by atoms with Crippen LogP contribution in [0.4, 0.5) is 17.1 Å². The molecule has 0 bridgehead atoms. The molecule has 13 rings (SSSR count). The molecule has 0 atom stereocenters. The molecule has 0 saturated heterocycles. The van der Waals surface area contributed by atoms with E-state index in [-0.39, 0.29) is 0 Å². The first-order chi connectivity index (χ1) is 35.1. The summed E-state index contributed by atoms with van der Waals surface area (Å²) in [6.45, 7) is 0. The van der Waals surface area contributed by atoms with Crippen LogP contribution in [0.15, 0.2) is 255 Å². The molecule has 1 heterocycles. The zero-order chi connectivity index (χ0) is 47.5. The summed E-state index contributed by atoms with van der Waals surface area (Å²) < 4.78 is 13.6. The normalized spacial score (nSPS) is 12.5. The van der Waals surface area contributed by atoms with E-state index < -0.39 is 5.41 Å². The number of hydrogen-bond acceptors (Lipinski definition) is 3. The van der Waals surface area contributed by atoms with Crippen LogP contribution in [0.3, 0.4) is 0 Å². The van der Waals surface area contributed by atoms with E-state index in [4.69, 9.17) is 9.47 Å². The summed E-state index contributed by atoms with van der Waals surface area (Å²) in [5, 5.41) is 4.92. The molecule has 0 radical (unpaired) electrons. The highest BCUT2D eigenvalue weighted by Crippen LogP contribution is 2.57. The number of anilines is 3. The third-order valence-corrected chi connectivity index (χ3v) is 14.7. The lowest BCUT2D eigenvalue weighted by Gasteiger charge is -2.34. The van der Waals surface area contributed by atoms with Gasteiger partial charge < -0.3 is 18.9 Å². The standard InChI is InChI=1S/C67H48N2O2/c1-70-52-38-33-49(34-39-52)68(50-35-40-53(71-2)41-36-50)48-31-29-45(30-32-48)54-21-9-10-22-55(54)61-44-65-66(59-25-12-11-23-56(59)61)60-26-14-16-28-64(60)69(65)51-37-42-58-57-24-13-15-27-62(57)67(63(58)43-51,46-17-5-3-6-18-46)47-19-7-4-8-20-47/h3-44H,1-2H3. The third kappa shape index (κ3) is 6.67. The fourth-order valence-electron chi connectivity index (χ4n) is 11.6. The molecule has 0 aliphatic heterocycles. The summed E-state index contributed by atoms with van der Waals surface area (Å²) in [6, 6.07) is 92.8. The smallest absolute Gasteiger partial charge is 0.119 e. The average Bonchev–Trinajstić information content (AvgIpc) is 3.96. The Labute approximate surface area is 413 Å². The highest BCUT2D eigenvalue weighted by atomic mass is 16.5. The van der Waals surface area contributed by atoms with Gasteiger partial charge in [-0.15, -0.1) is 0 Å². The zero-order valence-corrected chi connectivity index (χ0v) is 39.5. The summed E-state index contributed by atoms with van der Waals surface area (Å²) in [5.41, 5.74) is 18.3. The number of nitrogens with zero attached hydrogens (tertiary/aromatic N) is 2. The minimum absolute atomic E-state index is 0.518. The monoisotopic (exact) mass is 912 g/mol. The van der Waals surface area contributed by atoms with Crippen molar-refractivity contribution in [3.63, 3.8) is 0 Å². The largest absolute Gasteiger partial charge is 0.497 e. The van der Waals surface area contributed by atoms with Crippen molar-refractivity contribution in [3.05, 3.63) is 277 Å².